The van der Waals surface area contributed by atoms with E-state index in [0.717, 1.165) is 4.91 Å². The monoisotopic (exact) mass is 237 g/mol. The van der Waals surface area contributed by atoms with E-state index in [4.69, 9.17) is 0 Å². The Morgan fingerprint density at radius 3 is 2.81 bits per heavy atom. The number of carbonyl (C=O) groups excluding carboxylic acids is 1. The van der Waals surface area contributed by atoms with Crippen molar-refractivity contribution in [2.75, 3.05) is 5.75 Å². The molecule has 0 aliphatic rings. The molecule has 0 radical (unpaired) electrons. The lowest BCUT2D eigenvalue weighted by Crippen LogP contribution is -2.02. The molecule has 1 rings (SSSR count). The Balaban J connectivity index is 2.79. The number of thioether (sulfide) groups is 1. The Hall–Kier alpha value is -1.62. The van der Waals surface area contributed by atoms with Crippen molar-refractivity contribution in [3.05, 3.63) is 51.4 Å². The zero-order valence-corrected chi connectivity index (χ0v) is 9.62. The van der Waals surface area contributed by atoms with Crippen LogP contribution in [0.5, 0.6) is 0 Å². The predicted molar refractivity (Wildman–Crippen MR) is 64.7 cm³/mol. The van der Waals surface area contributed by atoms with Gasteiger partial charge in [-0.2, -0.15) is 0 Å². The van der Waals surface area contributed by atoms with Gasteiger partial charge in [0.05, 0.1) is 10.7 Å². The number of non-ortho nitro benzene ring substituents is 1. The molecule has 0 bridgehead atoms. The smallest absolute Gasteiger partial charge is 0.270 e. The third-order valence-electron chi connectivity index (χ3n) is 1.83. The number of hydrogen-bond donors (Lipinski definition) is 0. The topological polar surface area (TPSA) is 60.2 Å². The Morgan fingerprint density at radius 2 is 2.25 bits per heavy atom. The van der Waals surface area contributed by atoms with Crippen molar-refractivity contribution in [3.8, 4) is 0 Å². The fraction of sp³-hybridized carbons (Fsp3) is 0.182. The Kier molecular flexibility index (Phi) is 4.25. The molecule has 0 spiro atoms. The van der Waals surface area contributed by atoms with E-state index < -0.39 is 4.92 Å². The highest BCUT2D eigenvalue weighted by atomic mass is 32.2. The van der Waals surface area contributed by atoms with Crippen molar-refractivity contribution < 1.29 is 9.72 Å². The lowest BCUT2D eigenvalue weighted by molar-refractivity contribution is -0.384. The summed E-state index contributed by atoms with van der Waals surface area (Å²) in [6.45, 7) is 5.48. The minimum Gasteiger partial charge on any atom is -0.293 e. The molecule has 0 aliphatic carbocycles. The molecule has 5 heteroatoms. The zero-order chi connectivity index (χ0) is 12.1. The number of ketones is 1. The standard InChI is InChI=1S/C11H11NO3S/c1-8(2)16-7-11(13)9-4-3-5-10(6-9)12(14)15/h3-6H,1,7H2,2H3. The van der Waals surface area contributed by atoms with E-state index in [9.17, 15) is 14.9 Å². The number of Topliss-reactive ketones (excluding diaryl/α,β-unsaturated/α-hetero) is 1. The van der Waals surface area contributed by atoms with Gasteiger partial charge < -0.3 is 0 Å². The van der Waals surface area contributed by atoms with Crippen molar-refractivity contribution in [2.45, 2.75) is 6.92 Å². The Bertz CT molecular complexity index is 443. The van der Waals surface area contributed by atoms with E-state index in [-0.39, 0.29) is 17.2 Å². The summed E-state index contributed by atoms with van der Waals surface area (Å²) in [5.74, 6) is 0.132. The number of allylic oxidation sites excluding steroid dienone is 1. The molecule has 0 N–H and O–H groups in total. The molecule has 0 aliphatic heterocycles. The van der Waals surface area contributed by atoms with E-state index >= 15 is 0 Å². The Labute approximate surface area is 97.5 Å². The summed E-state index contributed by atoms with van der Waals surface area (Å²) in [6.07, 6.45) is 0. The highest BCUT2D eigenvalue weighted by Crippen LogP contribution is 2.17. The summed E-state index contributed by atoms with van der Waals surface area (Å²) in [4.78, 5) is 22.5. The van der Waals surface area contributed by atoms with Gasteiger partial charge in [0, 0.05) is 17.7 Å². The van der Waals surface area contributed by atoms with Crippen LogP contribution in [0.2, 0.25) is 0 Å². The van der Waals surface area contributed by atoms with Crippen LogP contribution in [0.25, 0.3) is 0 Å². The molecule has 0 fully saturated rings. The summed E-state index contributed by atoms with van der Waals surface area (Å²) < 4.78 is 0. The quantitative estimate of drug-likeness (QED) is 0.448. The maximum atomic E-state index is 11.6. The first-order valence-corrected chi connectivity index (χ1v) is 5.55. The predicted octanol–water partition coefficient (Wildman–Crippen LogP) is 3.04. The van der Waals surface area contributed by atoms with Crippen molar-refractivity contribution in [1.82, 2.24) is 0 Å². The van der Waals surface area contributed by atoms with Gasteiger partial charge in [-0.3, -0.25) is 14.9 Å². The second-order valence-electron chi connectivity index (χ2n) is 3.22. The maximum Gasteiger partial charge on any atom is 0.270 e. The van der Waals surface area contributed by atoms with Crippen LogP contribution in [0, 0.1) is 10.1 Å². The third kappa shape index (κ3) is 3.51. The molecular formula is C11H11NO3S. The van der Waals surface area contributed by atoms with E-state index in [1.165, 1.54) is 30.0 Å². The van der Waals surface area contributed by atoms with E-state index in [0.29, 0.717) is 5.56 Å². The van der Waals surface area contributed by atoms with Crippen molar-refractivity contribution >= 4 is 23.2 Å². The molecule has 0 aromatic heterocycles. The van der Waals surface area contributed by atoms with Crippen LogP contribution in [-0.2, 0) is 0 Å². The maximum absolute atomic E-state index is 11.6. The lowest BCUT2D eigenvalue weighted by atomic mass is 10.1. The van der Waals surface area contributed by atoms with Crippen molar-refractivity contribution in [2.24, 2.45) is 0 Å². The van der Waals surface area contributed by atoms with Crippen molar-refractivity contribution in [3.63, 3.8) is 0 Å². The fourth-order valence-electron chi connectivity index (χ4n) is 1.06. The van der Waals surface area contributed by atoms with Gasteiger partial charge in [-0.25, -0.2) is 0 Å². The van der Waals surface area contributed by atoms with Gasteiger partial charge >= 0.3 is 0 Å². The van der Waals surface area contributed by atoms with Gasteiger partial charge in [-0.1, -0.05) is 18.7 Å². The molecule has 1 aromatic rings. The average Bonchev–Trinajstić information content (AvgIpc) is 2.26. The molecule has 0 saturated carbocycles. The minimum absolute atomic E-state index is 0.0637. The molecule has 0 heterocycles. The van der Waals surface area contributed by atoms with Gasteiger partial charge in [-0.15, -0.1) is 11.8 Å². The van der Waals surface area contributed by atoms with Crippen LogP contribution in [0.4, 0.5) is 5.69 Å². The first kappa shape index (κ1) is 12.4. The summed E-state index contributed by atoms with van der Waals surface area (Å²) in [7, 11) is 0. The molecule has 0 unspecified atom stereocenters. The van der Waals surface area contributed by atoms with Crippen LogP contribution in [0.1, 0.15) is 17.3 Å². The summed E-state index contributed by atoms with van der Waals surface area (Å²) in [6, 6.07) is 5.75. The second-order valence-corrected chi connectivity index (χ2v) is 4.50. The number of nitro groups is 1. The lowest BCUT2D eigenvalue weighted by Gasteiger charge is -2.00. The van der Waals surface area contributed by atoms with Gasteiger partial charge in [-0.05, 0) is 11.8 Å². The van der Waals surface area contributed by atoms with Crippen LogP contribution < -0.4 is 0 Å². The van der Waals surface area contributed by atoms with Crippen LogP contribution in [0.3, 0.4) is 0 Å². The van der Waals surface area contributed by atoms with Crippen LogP contribution in [0.15, 0.2) is 35.7 Å². The third-order valence-corrected chi connectivity index (χ3v) is 2.73. The molecule has 4 nitrogen and oxygen atoms in total. The normalized spacial score (nSPS) is 9.81. The zero-order valence-electron chi connectivity index (χ0n) is 8.80. The largest absolute Gasteiger partial charge is 0.293 e. The number of rotatable bonds is 5. The number of hydrogen-bond acceptors (Lipinski definition) is 4. The highest BCUT2D eigenvalue weighted by molar-refractivity contribution is 8.03. The number of nitro benzene ring substituents is 1. The molecule has 84 valence electrons. The minimum atomic E-state index is -0.511. The van der Waals surface area contributed by atoms with E-state index in [1.807, 2.05) is 6.92 Å². The van der Waals surface area contributed by atoms with E-state index in [2.05, 4.69) is 6.58 Å². The molecule has 0 atom stereocenters. The number of carbonyl (C=O) groups is 1. The number of benzene rings is 1. The Morgan fingerprint density at radius 1 is 1.56 bits per heavy atom. The SMILES string of the molecule is C=C(C)SCC(=O)c1cccc([N+](=O)[O-])c1. The fourth-order valence-corrected chi connectivity index (χ4v) is 1.61. The molecule has 16 heavy (non-hydrogen) atoms. The molecular weight excluding hydrogens is 226 g/mol. The summed E-state index contributed by atoms with van der Waals surface area (Å²) in [5.41, 5.74) is 0.300. The molecule has 1 aromatic carbocycles. The first-order valence-electron chi connectivity index (χ1n) is 4.56. The van der Waals surface area contributed by atoms with Gasteiger partial charge in [0.2, 0.25) is 0 Å². The van der Waals surface area contributed by atoms with Gasteiger partial charge in [0.15, 0.2) is 5.78 Å². The van der Waals surface area contributed by atoms with Gasteiger partial charge in [0.1, 0.15) is 0 Å². The summed E-state index contributed by atoms with van der Waals surface area (Å²) >= 11 is 1.33. The summed E-state index contributed by atoms with van der Waals surface area (Å²) in [5, 5.41) is 10.5. The number of nitrogens with zero attached hydrogens (tertiary/aromatic N) is 1. The van der Waals surface area contributed by atoms with E-state index in [1.54, 1.807) is 6.07 Å². The van der Waals surface area contributed by atoms with Crippen LogP contribution in [-0.4, -0.2) is 16.5 Å². The molecule has 0 saturated heterocycles. The molecule has 0 amide bonds. The average molecular weight is 237 g/mol. The van der Waals surface area contributed by atoms with Crippen molar-refractivity contribution in [1.29, 1.82) is 0 Å². The van der Waals surface area contributed by atoms with Gasteiger partial charge in [0.25, 0.3) is 5.69 Å². The van der Waals surface area contributed by atoms with Crippen LogP contribution >= 0.6 is 11.8 Å². The first-order chi connectivity index (χ1) is 7.50. The highest BCUT2D eigenvalue weighted by Gasteiger charge is 2.11. The second kappa shape index (κ2) is 5.46.